The number of ether oxygens (including phenoxy) is 1. The van der Waals surface area contributed by atoms with E-state index in [2.05, 4.69) is 26.6 Å². The number of hydrogen-bond donors (Lipinski definition) is 2. The molecule has 5 heteroatoms. The first-order valence-corrected chi connectivity index (χ1v) is 6.38. The maximum Gasteiger partial charge on any atom is 0.128 e. The summed E-state index contributed by atoms with van der Waals surface area (Å²) in [6, 6.07) is 5.00. The van der Waals surface area contributed by atoms with Gasteiger partial charge in [-0.1, -0.05) is 22.0 Å². The lowest BCUT2D eigenvalue weighted by Crippen LogP contribution is -2.29. The molecule has 0 fully saturated rings. The van der Waals surface area contributed by atoms with E-state index in [9.17, 15) is 4.39 Å². The average Bonchev–Trinajstić information content (AvgIpc) is 2.31. The predicted octanol–water partition coefficient (Wildman–Crippen LogP) is 1.91. The minimum absolute atomic E-state index is 0.181. The fraction of sp³-hybridized carbons (Fsp3) is 0.500. The van der Waals surface area contributed by atoms with Crippen molar-refractivity contribution in [2.75, 3.05) is 33.4 Å². The van der Waals surface area contributed by atoms with E-state index < -0.39 is 0 Å². The van der Waals surface area contributed by atoms with Gasteiger partial charge >= 0.3 is 0 Å². The Morgan fingerprint density at radius 2 is 2.00 bits per heavy atom. The predicted molar refractivity (Wildman–Crippen MR) is 70.6 cm³/mol. The van der Waals surface area contributed by atoms with Crippen molar-refractivity contribution >= 4 is 15.9 Å². The standard InChI is InChI=1S/C12H18BrFN2O/c1-17-8-7-15-5-6-16-9-10-11(13)3-2-4-12(10)14/h2-4,15-16H,5-9H2,1H3. The van der Waals surface area contributed by atoms with E-state index in [1.54, 1.807) is 13.2 Å². The SMILES string of the molecule is COCCNCCNCc1c(F)cccc1Br. The summed E-state index contributed by atoms with van der Waals surface area (Å²) in [7, 11) is 1.68. The van der Waals surface area contributed by atoms with Crippen molar-refractivity contribution in [3.05, 3.63) is 34.1 Å². The van der Waals surface area contributed by atoms with Crippen LogP contribution in [0.15, 0.2) is 22.7 Å². The third-order valence-corrected chi connectivity index (χ3v) is 3.07. The van der Waals surface area contributed by atoms with Crippen LogP contribution in [-0.4, -0.2) is 33.4 Å². The molecule has 0 aliphatic heterocycles. The highest BCUT2D eigenvalue weighted by atomic mass is 79.9. The van der Waals surface area contributed by atoms with Crippen LogP contribution >= 0.6 is 15.9 Å². The van der Waals surface area contributed by atoms with Crippen LogP contribution in [0.4, 0.5) is 4.39 Å². The molecule has 0 atom stereocenters. The maximum atomic E-state index is 13.4. The maximum absolute atomic E-state index is 13.4. The smallest absolute Gasteiger partial charge is 0.128 e. The Bertz CT molecular complexity index is 316. The molecule has 17 heavy (non-hydrogen) atoms. The van der Waals surface area contributed by atoms with Gasteiger partial charge in [0, 0.05) is 43.3 Å². The Hall–Kier alpha value is -0.490. The Balaban J connectivity index is 2.18. The molecule has 0 heterocycles. The van der Waals surface area contributed by atoms with E-state index >= 15 is 0 Å². The average molecular weight is 305 g/mol. The largest absolute Gasteiger partial charge is 0.383 e. The molecule has 0 spiro atoms. The van der Waals surface area contributed by atoms with Gasteiger partial charge in [-0.05, 0) is 12.1 Å². The van der Waals surface area contributed by atoms with Gasteiger partial charge in [-0.2, -0.15) is 0 Å². The van der Waals surface area contributed by atoms with Gasteiger partial charge in [-0.15, -0.1) is 0 Å². The molecule has 0 saturated carbocycles. The lowest BCUT2D eigenvalue weighted by Gasteiger charge is -2.08. The zero-order chi connectivity index (χ0) is 12.5. The van der Waals surface area contributed by atoms with Crippen LogP contribution < -0.4 is 10.6 Å². The molecular weight excluding hydrogens is 287 g/mol. The molecule has 0 radical (unpaired) electrons. The van der Waals surface area contributed by atoms with Gasteiger partial charge in [0.15, 0.2) is 0 Å². The summed E-state index contributed by atoms with van der Waals surface area (Å²) < 4.78 is 19.1. The van der Waals surface area contributed by atoms with Crippen LogP contribution in [0.25, 0.3) is 0 Å². The van der Waals surface area contributed by atoms with Crippen molar-refractivity contribution in [3.8, 4) is 0 Å². The lowest BCUT2D eigenvalue weighted by molar-refractivity contribution is 0.199. The van der Waals surface area contributed by atoms with Crippen LogP contribution in [0.5, 0.6) is 0 Å². The Kier molecular flexibility index (Phi) is 7.35. The monoisotopic (exact) mass is 304 g/mol. The molecule has 0 amide bonds. The number of methoxy groups -OCH3 is 1. The minimum atomic E-state index is -0.181. The third kappa shape index (κ3) is 5.59. The molecule has 0 unspecified atom stereocenters. The first kappa shape index (κ1) is 14.6. The topological polar surface area (TPSA) is 33.3 Å². The van der Waals surface area contributed by atoms with Crippen molar-refractivity contribution in [1.29, 1.82) is 0 Å². The lowest BCUT2D eigenvalue weighted by atomic mass is 10.2. The summed E-state index contributed by atoms with van der Waals surface area (Å²) in [5.41, 5.74) is 0.671. The highest BCUT2D eigenvalue weighted by Gasteiger charge is 2.04. The number of halogens is 2. The molecule has 1 aromatic carbocycles. The van der Waals surface area contributed by atoms with E-state index in [1.165, 1.54) is 6.07 Å². The van der Waals surface area contributed by atoms with Crippen LogP contribution in [0, 0.1) is 5.82 Å². The molecule has 96 valence electrons. The fourth-order valence-electron chi connectivity index (χ4n) is 1.39. The molecule has 0 aromatic heterocycles. The van der Waals surface area contributed by atoms with Gasteiger partial charge in [0.1, 0.15) is 5.82 Å². The molecule has 3 nitrogen and oxygen atoms in total. The van der Waals surface area contributed by atoms with E-state index in [-0.39, 0.29) is 5.82 Å². The van der Waals surface area contributed by atoms with Crippen molar-refractivity contribution in [2.24, 2.45) is 0 Å². The number of nitrogens with one attached hydrogen (secondary N) is 2. The second kappa shape index (κ2) is 8.58. The van der Waals surface area contributed by atoms with Crippen LogP contribution in [0.2, 0.25) is 0 Å². The van der Waals surface area contributed by atoms with Gasteiger partial charge in [-0.25, -0.2) is 4.39 Å². The second-order valence-corrected chi connectivity index (χ2v) is 4.47. The molecule has 1 aromatic rings. The Labute approximate surface area is 110 Å². The van der Waals surface area contributed by atoms with Crippen LogP contribution in [0.1, 0.15) is 5.56 Å². The third-order valence-electron chi connectivity index (χ3n) is 2.32. The zero-order valence-electron chi connectivity index (χ0n) is 9.93. The summed E-state index contributed by atoms with van der Waals surface area (Å²) in [4.78, 5) is 0. The molecule has 0 bridgehead atoms. The van der Waals surface area contributed by atoms with Gasteiger partial charge in [0.25, 0.3) is 0 Å². The summed E-state index contributed by atoms with van der Waals surface area (Å²) in [5.74, 6) is -0.181. The van der Waals surface area contributed by atoms with Crippen molar-refractivity contribution in [2.45, 2.75) is 6.54 Å². The first-order valence-electron chi connectivity index (χ1n) is 5.59. The second-order valence-electron chi connectivity index (χ2n) is 3.62. The van der Waals surface area contributed by atoms with Gasteiger partial charge in [0.2, 0.25) is 0 Å². The highest BCUT2D eigenvalue weighted by Crippen LogP contribution is 2.18. The molecule has 0 saturated heterocycles. The van der Waals surface area contributed by atoms with Gasteiger partial charge in [-0.3, -0.25) is 0 Å². The summed E-state index contributed by atoms with van der Waals surface area (Å²) in [6.45, 7) is 3.71. The van der Waals surface area contributed by atoms with Gasteiger partial charge < -0.3 is 15.4 Å². The van der Waals surface area contributed by atoms with E-state index in [0.29, 0.717) is 18.7 Å². The Morgan fingerprint density at radius 1 is 1.24 bits per heavy atom. The number of rotatable bonds is 8. The highest BCUT2D eigenvalue weighted by molar-refractivity contribution is 9.10. The summed E-state index contributed by atoms with van der Waals surface area (Å²) >= 11 is 3.34. The zero-order valence-corrected chi connectivity index (χ0v) is 11.5. The van der Waals surface area contributed by atoms with Crippen LogP contribution in [0.3, 0.4) is 0 Å². The fourth-order valence-corrected chi connectivity index (χ4v) is 1.87. The molecule has 1 rings (SSSR count). The van der Waals surface area contributed by atoms with Crippen molar-refractivity contribution in [3.63, 3.8) is 0 Å². The van der Waals surface area contributed by atoms with E-state index in [4.69, 9.17) is 4.74 Å². The number of hydrogen-bond acceptors (Lipinski definition) is 3. The van der Waals surface area contributed by atoms with Crippen molar-refractivity contribution < 1.29 is 9.13 Å². The summed E-state index contributed by atoms with van der Waals surface area (Å²) in [5, 5.41) is 6.40. The van der Waals surface area contributed by atoms with E-state index in [0.717, 1.165) is 24.1 Å². The first-order chi connectivity index (χ1) is 8.25. The summed E-state index contributed by atoms with van der Waals surface area (Å²) in [6.07, 6.45) is 0. The normalized spacial score (nSPS) is 10.8. The quantitative estimate of drug-likeness (QED) is 0.720. The molecular formula is C12H18BrFN2O. The van der Waals surface area contributed by atoms with Gasteiger partial charge in [0.05, 0.1) is 6.61 Å². The minimum Gasteiger partial charge on any atom is -0.383 e. The molecule has 0 aliphatic rings. The molecule has 2 N–H and O–H groups in total. The number of benzene rings is 1. The Morgan fingerprint density at radius 3 is 2.71 bits per heavy atom. The molecule has 0 aliphatic carbocycles. The van der Waals surface area contributed by atoms with Crippen molar-refractivity contribution in [1.82, 2.24) is 10.6 Å². The van der Waals surface area contributed by atoms with Crippen LogP contribution in [-0.2, 0) is 11.3 Å². The van der Waals surface area contributed by atoms with E-state index in [1.807, 2.05) is 6.07 Å².